The quantitative estimate of drug-likeness (QED) is 0.568. The van der Waals surface area contributed by atoms with Crippen LogP contribution in [0.2, 0.25) is 0 Å². The van der Waals surface area contributed by atoms with E-state index in [1.54, 1.807) is 61.4 Å². The first kappa shape index (κ1) is 19.8. The Bertz CT molecular complexity index is 904. The van der Waals surface area contributed by atoms with E-state index in [2.05, 4.69) is 0 Å². The number of methoxy groups -OCH3 is 1. The fourth-order valence-corrected chi connectivity index (χ4v) is 3.30. The minimum atomic E-state index is -0.908. The number of carbonyl (C=O) groups is 3. The third-order valence-electron chi connectivity index (χ3n) is 4.79. The number of esters is 1. The van der Waals surface area contributed by atoms with Gasteiger partial charge in [0.2, 0.25) is 11.7 Å². The molecule has 6 nitrogen and oxygen atoms in total. The second-order valence-corrected chi connectivity index (χ2v) is 6.81. The number of Topliss-reactive ketones (excluding diaryl/α,β-unsaturated/α-hetero) is 1. The van der Waals surface area contributed by atoms with Gasteiger partial charge in [-0.1, -0.05) is 12.1 Å². The standard InChI is InChI=1S/C22H23NO5/c1-14(28-22(26)17-6-4-16(5-7-17)13-27-3)21(25)19-8-9-20-18(12-19)10-11-23(20)15(2)24/h4-9,12,14H,10-11,13H2,1-3H3. The van der Waals surface area contributed by atoms with Crippen molar-refractivity contribution in [1.29, 1.82) is 0 Å². The van der Waals surface area contributed by atoms with E-state index >= 15 is 0 Å². The fraction of sp³-hybridized carbons (Fsp3) is 0.318. The molecule has 0 N–H and O–H groups in total. The predicted molar refractivity (Wildman–Crippen MR) is 105 cm³/mol. The smallest absolute Gasteiger partial charge is 0.338 e. The molecule has 1 aliphatic heterocycles. The average molecular weight is 381 g/mol. The van der Waals surface area contributed by atoms with E-state index in [0.29, 0.717) is 30.7 Å². The van der Waals surface area contributed by atoms with Crippen molar-refractivity contribution in [2.75, 3.05) is 18.6 Å². The van der Waals surface area contributed by atoms with Crippen LogP contribution in [0.1, 0.15) is 45.7 Å². The third kappa shape index (κ3) is 4.12. The summed E-state index contributed by atoms with van der Waals surface area (Å²) in [5.74, 6) is -0.834. The minimum absolute atomic E-state index is 0.0170. The van der Waals surface area contributed by atoms with E-state index in [4.69, 9.17) is 9.47 Å². The van der Waals surface area contributed by atoms with Crippen molar-refractivity contribution in [3.05, 3.63) is 64.7 Å². The van der Waals surface area contributed by atoms with Crippen molar-refractivity contribution >= 4 is 23.3 Å². The highest BCUT2D eigenvalue weighted by atomic mass is 16.5. The molecule has 0 spiro atoms. The summed E-state index contributed by atoms with van der Waals surface area (Å²) in [6.07, 6.45) is -0.201. The molecule has 1 amide bonds. The average Bonchev–Trinajstić information content (AvgIpc) is 3.11. The van der Waals surface area contributed by atoms with Crippen molar-refractivity contribution in [2.24, 2.45) is 0 Å². The molecule has 2 aromatic carbocycles. The summed E-state index contributed by atoms with van der Waals surface area (Å²) in [6.45, 7) is 4.17. The SMILES string of the molecule is COCc1ccc(C(=O)OC(C)C(=O)c2ccc3c(c2)CCN3C(C)=O)cc1. The number of benzene rings is 2. The predicted octanol–water partition coefficient (Wildman–Crippen LogP) is 3.17. The molecule has 146 valence electrons. The molecule has 28 heavy (non-hydrogen) atoms. The molecule has 6 heteroatoms. The molecule has 1 aliphatic rings. The number of carbonyl (C=O) groups excluding carboxylic acids is 3. The van der Waals surface area contributed by atoms with Crippen LogP contribution < -0.4 is 4.90 Å². The Balaban J connectivity index is 1.67. The summed E-state index contributed by atoms with van der Waals surface area (Å²) in [6, 6.07) is 12.1. The van der Waals surface area contributed by atoms with E-state index < -0.39 is 12.1 Å². The Morgan fingerprint density at radius 3 is 2.39 bits per heavy atom. The molecule has 0 fully saturated rings. The van der Waals surface area contributed by atoms with Crippen LogP contribution in [0, 0.1) is 0 Å². The van der Waals surface area contributed by atoms with Crippen LogP contribution in [0.25, 0.3) is 0 Å². The molecule has 1 unspecified atom stereocenters. The molecule has 1 atom stereocenters. The molecule has 0 aromatic heterocycles. The largest absolute Gasteiger partial charge is 0.451 e. The number of hydrogen-bond acceptors (Lipinski definition) is 5. The monoisotopic (exact) mass is 381 g/mol. The molecule has 0 aliphatic carbocycles. The molecule has 0 saturated heterocycles. The van der Waals surface area contributed by atoms with Gasteiger partial charge in [-0.2, -0.15) is 0 Å². The second kappa shape index (κ2) is 8.35. The maximum Gasteiger partial charge on any atom is 0.338 e. The van der Waals surface area contributed by atoms with Crippen LogP contribution in [-0.2, 0) is 27.3 Å². The zero-order valence-electron chi connectivity index (χ0n) is 16.2. The minimum Gasteiger partial charge on any atom is -0.451 e. The Morgan fingerprint density at radius 2 is 1.75 bits per heavy atom. The zero-order valence-corrected chi connectivity index (χ0v) is 16.2. The molecule has 0 saturated carbocycles. The lowest BCUT2D eigenvalue weighted by atomic mass is 10.0. The van der Waals surface area contributed by atoms with E-state index in [1.807, 2.05) is 0 Å². The van der Waals surface area contributed by atoms with Gasteiger partial charge in [-0.15, -0.1) is 0 Å². The van der Waals surface area contributed by atoms with E-state index in [1.165, 1.54) is 6.92 Å². The number of ether oxygens (including phenoxy) is 2. The summed E-state index contributed by atoms with van der Waals surface area (Å²) in [5, 5.41) is 0. The van der Waals surface area contributed by atoms with Crippen molar-refractivity contribution in [3.63, 3.8) is 0 Å². The molecular formula is C22H23NO5. The summed E-state index contributed by atoms with van der Waals surface area (Å²) < 4.78 is 10.4. The van der Waals surface area contributed by atoms with Crippen molar-refractivity contribution in [3.8, 4) is 0 Å². The van der Waals surface area contributed by atoms with Gasteiger partial charge in [-0.05, 0) is 54.8 Å². The number of amides is 1. The van der Waals surface area contributed by atoms with Crippen LogP contribution in [0.4, 0.5) is 5.69 Å². The summed E-state index contributed by atoms with van der Waals surface area (Å²) >= 11 is 0. The highest BCUT2D eigenvalue weighted by Crippen LogP contribution is 2.29. The first-order valence-electron chi connectivity index (χ1n) is 9.15. The maximum atomic E-state index is 12.7. The summed E-state index contributed by atoms with van der Waals surface area (Å²) in [7, 11) is 1.60. The van der Waals surface area contributed by atoms with Crippen LogP contribution in [0.3, 0.4) is 0 Å². The van der Waals surface area contributed by atoms with Crippen molar-refractivity contribution in [1.82, 2.24) is 0 Å². The van der Waals surface area contributed by atoms with Gasteiger partial charge in [0.25, 0.3) is 0 Å². The summed E-state index contributed by atoms with van der Waals surface area (Å²) in [5.41, 5.74) is 3.59. The van der Waals surface area contributed by atoms with E-state index in [-0.39, 0.29) is 11.7 Å². The molecular weight excluding hydrogens is 358 g/mol. The fourth-order valence-electron chi connectivity index (χ4n) is 3.30. The highest BCUT2D eigenvalue weighted by molar-refractivity contribution is 6.02. The number of nitrogens with zero attached hydrogens (tertiary/aromatic N) is 1. The lowest BCUT2D eigenvalue weighted by Crippen LogP contribution is -2.26. The van der Waals surface area contributed by atoms with E-state index in [0.717, 1.165) is 16.8 Å². The molecule has 2 aromatic rings. The molecule has 1 heterocycles. The lowest BCUT2D eigenvalue weighted by Gasteiger charge is -2.16. The Kier molecular flexibility index (Phi) is 5.90. The first-order valence-corrected chi connectivity index (χ1v) is 9.15. The third-order valence-corrected chi connectivity index (χ3v) is 4.79. The zero-order chi connectivity index (χ0) is 20.3. The van der Waals surface area contributed by atoms with Gasteiger partial charge in [0.05, 0.1) is 12.2 Å². The van der Waals surface area contributed by atoms with Crippen molar-refractivity contribution in [2.45, 2.75) is 33.0 Å². The van der Waals surface area contributed by atoms with Crippen LogP contribution in [0.15, 0.2) is 42.5 Å². The molecule has 3 rings (SSSR count). The van der Waals surface area contributed by atoms with Gasteiger partial charge >= 0.3 is 5.97 Å². The van der Waals surface area contributed by atoms with Gasteiger partial charge in [0.1, 0.15) is 0 Å². The number of ketones is 1. The Labute approximate surface area is 164 Å². The molecule has 0 bridgehead atoms. The Morgan fingerprint density at radius 1 is 1.07 bits per heavy atom. The first-order chi connectivity index (χ1) is 13.4. The van der Waals surface area contributed by atoms with Crippen molar-refractivity contribution < 1.29 is 23.9 Å². The second-order valence-electron chi connectivity index (χ2n) is 6.81. The van der Waals surface area contributed by atoms with Crippen LogP contribution >= 0.6 is 0 Å². The van der Waals surface area contributed by atoms with Gasteiger partial charge in [0.15, 0.2) is 6.10 Å². The number of anilines is 1. The topological polar surface area (TPSA) is 72.9 Å². The number of rotatable bonds is 6. The van der Waals surface area contributed by atoms with Gasteiger partial charge in [-0.25, -0.2) is 4.79 Å². The molecule has 0 radical (unpaired) electrons. The van der Waals surface area contributed by atoms with Gasteiger partial charge in [0, 0.05) is 31.8 Å². The lowest BCUT2D eigenvalue weighted by molar-refractivity contribution is -0.116. The number of hydrogen-bond donors (Lipinski definition) is 0. The number of fused-ring (bicyclic) bond motifs is 1. The van der Waals surface area contributed by atoms with Gasteiger partial charge < -0.3 is 14.4 Å². The highest BCUT2D eigenvalue weighted by Gasteiger charge is 2.25. The normalized spacial score (nSPS) is 13.8. The van der Waals surface area contributed by atoms with Gasteiger partial charge in [-0.3, -0.25) is 9.59 Å². The van der Waals surface area contributed by atoms with E-state index in [9.17, 15) is 14.4 Å². The maximum absolute atomic E-state index is 12.7. The Hall–Kier alpha value is -2.99. The van der Waals surface area contributed by atoms with Crippen LogP contribution in [0.5, 0.6) is 0 Å². The van der Waals surface area contributed by atoms with Crippen LogP contribution in [-0.4, -0.2) is 37.4 Å². The summed E-state index contributed by atoms with van der Waals surface area (Å²) in [4.78, 5) is 38.3.